The molecular formula is C24H33FN2O3S. The normalized spacial score (nSPS) is 20.6. The zero-order valence-corrected chi connectivity index (χ0v) is 19.2. The van der Waals surface area contributed by atoms with E-state index in [-0.39, 0.29) is 6.42 Å². The van der Waals surface area contributed by atoms with E-state index in [1.165, 1.54) is 0 Å². The lowest BCUT2D eigenvalue weighted by Crippen LogP contribution is -2.41. The molecule has 1 aliphatic rings. The highest BCUT2D eigenvalue weighted by molar-refractivity contribution is 7.98. The Balaban J connectivity index is 1.66. The predicted octanol–water partition coefficient (Wildman–Crippen LogP) is 5.20. The molecule has 3 atom stereocenters. The van der Waals surface area contributed by atoms with Crippen LogP contribution in [-0.2, 0) is 4.79 Å². The van der Waals surface area contributed by atoms with Gasteiger partial charge in [-0.25, -0.2) is 4.39 Å². The van der Waals surface area contributed by atoms with E-state index in [0.717, 1.165) is 49.1 Å². The van der Waals surface area contributed by atoms with Gasteiger partial charge >= 0.3 is 5.97 Å². The Bertz CT molecular complexity index is 866. The lowest BCUT2D eigenvalue weighted by atomic mass is 9.79. The van der Waals surface area contributed by atoms with E-state index in [0.29, 0.717) is 36.0 Å². The van der Waals surface area contributed by atoms with Crippen LogP contribution in [0.2, 0.25) is 0 Å². The van der Waals surface area contributed by atoms with Gasteiger partial charge in [0.2, 0.25) is 0 Å². The molecule has 0 radical (unpaired) electrons. The topological polar surface area (TPSA) is 62.7 Å². The van der Waals surface area contributed by atoms with Crippen molar-refractivity contribution in [2.24, 2.45) is 11.8 Å². The molecule has 1 aromatic carbocycles. The molecule has 1 fully saturated rings. The van der Waals surface area contributed by atoms with Crippen molar-refractivity contribution in [1.82, 2.24) is 9.88 Å². The van der Waals surface area contributed by atoms with Crippen LogP contribution in [0.3, 0.4) is 0 Å². The number of fused-ring (bicyclic) bond motifs is 1. The predicted molar refractivity (Wildman–Crippen MR) is 125 cm³/mol. The largest absolute Gasteiger partial charge is 0.497 e. The van der Waals surface area contributed by atoms with Crippen molar-refractivity contribution in [2.45, 2.75) is 38.3 Å². The molecule has 0 aliphatic carbocycles. The Hall–Kier alpha value is -1.86. The number of ether oxygens (including phenoxy) is 1. The average Bonchev–Trinajstić information content (AvgIpc) is 2.79. The highest BCUT2D eigenvalue weighted by Crippen LogP contribution is 2.36. The van der Waals surface area contributed by atoms with E-state index < -0.39 is 12.1 Å². The quantitative estimate of drug-likeness (QED) is 0.510. The number of benzene rings is 1. The first-order chi connectivity index (χ1) is 15.0. The summed E-state index contributed by atoms with van der Waals surface area (Å²) < 4.78 is 20.7. The third kappa shape index (κ3) is 6.56. The fourth-order valence-corrected chi connectivity index (χ4v) is 5.10. The molecule has 2 heterocycles. The van der Waals surface area contributed by atoms with Crippen LogP contribution in [0.5, 0.6) is 5.75 Å². The molecule has 1 aromatic heterocycles. The molecule has 1 N–H and O–H groups in total. The molecule has 1 aliphatic heterocycles. The average molecular weight is 449 g/mol. The number of rotatable bonds is 11. The highest BCUT2D eigenvalue weighted by atomic mass is 32.2. The van der Waals surface area contributed by atoms with Crippen LogP contribution in [0, 0.1) is 11.8 Å². The number of thioether (sulfide) groups is 1. The lowest BCUT2D eigenvalue weighted by Gasteiger charge is -2.39. The minimum absolute atomic E-state index is 0.186. The summed E-state index contributed by atoms with van der Waals surface area (Å²) in [5.74, 6) is 1.71. The van der Waals surface area contributed by atoms with Gasteiger partial charge in [-0.3, -0.25) is 9.78 Å². The zero-order valence-electron chi connectivity index (χ0n) is 18.4. The van der Waals surface area contributed by atoms with Crippen LogP contribution in [0.4, 0.5) is 4.39 Å². The molecule has 1 saturated heterocycles. The Morgan fingerprint density at radius 2 is 2.19 bits per heavy atom. The first kappa shape index (κ1) is 23.8. The summed E-state index contributed by atoms with van der Waals surface area (Å²) in [5, 5.41) is 9.95. The summed E-state index contributed by atoms with van der Waals surface area (Å²) in [6.07, 6.45) is 5.77. The van der Waals surface area contributed by atoms with Crippen molar-refractivity contribution in [3.63, 3.8) is 0 Å². The van der Waals surface area contributed by atoms with Gasteiger partial charge in [0.15, 0.2) is 0 Å². The summed E-state index contributed by atoms with van der Waals surface area (Å²) in [5.41, 5.74) is 1.42. The van der Waals surface area contributed by atoms with Gasteiger partial charge in [0.1, 0.15) is 11.9 Å². The van der Waals surface area contributed by atoms with Crippen molar-refractivity contribution in [3.8, 4) is 5.75 Å². The number of hydrogen-bond donors (Lipinski definition) is 1. The lowest BCUT2D eigenvalue weighted by molar-refractivity contribution is -0.137. The fourth-order valence-electron chi connectivity index (χ4n) is 4.66. The van der Waals surface area contributed by atoms with Crippen LogP contribution in [0.1, 0.15) is 43.8 Å². The summed E-state index contributed by atoms with van der Waals surface area (Å²) >= 11 is 1.83. The summed E-state index contributed by atoms with van der Waals surface area (Å²) in [4.78, 5) is 17.9. The smallest absolute Gasteiger partial charge is 0.303 e. The van der Waals surface area contributed by atoms with E-state index in [9.17, 15) is 4.79 Å². The van der Waals surface area contributed by atoms with Crippen molar-refractivity contribution >= 4 is 28.6 Å². The number of alkyl halides is 1. The second kappa shape index (κ2) is 11.7. The van der Waals surface area contributed by atoms with E-state index in [1.807, 2.05) is 30.0 Å². The minimum Gasteiger partial charge on any atom is -0.497 e. The second-order valence-electron chi connectivity index (χ2n) is 8.36. The molecule has 0 amide bonds. The number of carbonyl (C=O) groups is 1. The van der Waals surface area contributed by atoms with Gasteiger partial charge in [0.05, 0.1) is 12.6 Å². The number of carboxylic acids is 1. The molecule has 2 aromatic rings. The number of nitrogens with zero attached hydrogens (tertiary/aromatic N) is 2. The number of hydrogen-bond acceptors (Lipinski definition) is 5. The van der Waals surface area contributed by atoms with E-state index in [4.69, 9.17) is 9.84 Å². The SMILES string of the molecule is COc1ccc2nccc([C@H](F)CC[C@@H]3CCN(CCSC)C[C@H]3CCC(=O)O)c2c1. The number of carboxylic acid groups (broad SMARTS) is 1. The second-order valence-corrected chi connectivity index (χ2v) is 9.35. The molecule has 31 heavy (non-hydrogen) atoms. The molecule has 0 bridgehead atoms. The summed E-state index contributed by atoms with van der Waals surface area (Å²) in [7, 11) is 1.60. The summed E-state index contributed by atoms with van der Waals surface area (Å²) in [6, 6.07) is 7.31. The van der Waals surface area contributed by atoms with Crippen LogP contribution < -0.4 is 4.74 Å². The third-order valence-electron chi connectivity index (χ3n) is 6.43. The molecule has 170 valence electrons. The maximum Gasteiger partial charge on any atom is 0.303 e. The Morgan fingerprint density at radius 3 is 2.94 bits per heavy atom. The van der Waals surface area contributed by atoms with E-state index in [2.05, 4.69) is 16.1 Å². The molecule has 3 rings (SSSR count). The van der Waals surface area contributed by atoms with Crippen LogP contribution >= 0.6 is 11.8 Å². The number of aliphatic carboxylic acids is 1. The maximum atomic E-state index is 15.4. The van der Waals surface area contributed by atoms with Gasteiger partial charge < -0.3 is 14.7 Å². The monoisotopic (exact) mass is 448 g/mol. The van der Waals surface area contributed by atoms with Crippen molar-refractivity contribution in [2.75, 3.05) is 38.8 Å². The van der Waals surface area contributed by atoms with Crippen molar-refractivity contribution in [1.29, 1.82) is 0 Å². The van der Waals surface area contributed by atoms with Gasteiger partial charge in [-0.1, -0.05) is 0 Å². The van der Waals surface area contributed by atoms with Gasteiger partial charge in [0, 0.05) is 36.8 Å². The maximum absolute atomic E-state index is 15.4. The van der Waals surface area contributed by atoms with Gasteiger partial charge in [0.25, 0.3) is 0 Å². The van der Waals surface area contributed by atoms with Gasteiger partial charge in [-0.15, -0.1) is 0 Å². The Kier molecular flexibility index (Phi) is 8.96. The highest BCUT2D eigenvalue weighted by Gasteiger charge is 2.30. The molecule has 0 unspecified atom stereocenters. The van der Waals surface area contributed by atoms with Crippen molar-refractivity contribution < 1.29 is 19.0 Å². The number of pyridine rings is 1. The summed E-state index contributed by atoms with van der Waals surface area (Å²) in [6.45, 7) is 2.97. The Morgan fingerprint density at radius 1 is 1.35 bits per heavy atom. The van der Waals surface area contributed by atoms with Crippen LogP contribution in [-0.4, -0.2) is 59.7 Å². The zero-order chi connectivity index (χ0) is 22.2. The van der Waals surface area contributed by atoms with Gasteiger partial charge in [-0.05, 0) is 80.1 Å². The van der Waals surface area contributed by atoms with Crippen LogP contribution in [0.25, 0.3) is 10.9 Å². The number of aromatic nitrogens is 1. The van der Waals surface area contributed by atoms with Crippen LogP contribution in [0.15, 0.2) is 30.5 Å². The number of halogens is 1. The third-order valence-corrected chi connectivity index (χ3v) is 7.02. The van der Waals surface area contributed by atoms with E-state index in [1.54, 1.807) is 19.4 Å². The first-order valence-corrected chi connectivity index (χ1v) is 12.4. The number of likely N-dealkylation sites (tertiary alicyclic amines) is 1. The van der Waals surface area contributed by atoms with Crippen molar-refractivity contribution in [3.05, 3.63) is 36.0 Å². The molecule has 5 nitrogen and oxygen atoms in total. The molecule has 0 spiro atoms. The Labute approximate surface area is 188 Å². The molecule has 7 heteroatoms. The molecular weight excluding hydrogens is 415 g/mol. The number of piperidine rings is 1. The molecule has 0 saturated carbocycles. The minimum atomic E-state index is -1.08. The van der Waals surface area contributed by atoms with Gasteiger partial charge in [-0.2, -0.15) is 11.8 Å². The van der Waals surface area contributed by atoms with E-state index >= 15 is 4.39 Å². The number of methoxy groups -OCH3 is 1. The standard InChI is InChI=1S/C24H33FN2O3S/c1-30-19-5-7-23-21(15-19)20(9-11-26-23)22(25)6-3-17-10-12-27(13-14-31-2)16-18(17)4-8-24(28)29/h5,7,9,11,15,17-18,22H,3-4,6,8,10,12-14,16H2,1-2H3,(H,28,29)/t17-,18-,22-/m1/s1. The first-order valence-electron chi connectivity index (χ1n) is 11.0. The fraction of sp³-hybridized carbons (Fsp3) is 0.583.